The van der Waals surface area contributed by atoms with Crippen molar-refractivity contribution in [2.45, 2.75) is 39.9 Å². The molecule has 0 amide bonds. The molecule has 0 aliphatic carbocycles. The van der Waals surface area contributed by atoms with Crippen molar-refractivity contribution in [2.24, 2.45) is 5.92 Å². The van der Waals surface area contributed by atoms with E-state index in [0.717, 1.165) is 5.56 Å². The fraction of sp³-hybridized carbons (Fsp3) is 0.500. The molecule has 5 heteroatoms. The number of hydrogen-bond acceptors (Lipinski definition) is 4. The Bertz CT molecular complexity index is 484. The third-order valence-electron chi connectivity index (χ3n) is 2.65. The van der Waals surface area contributed by atoms with Crippen molar-refractivity contribution in [3.63, 3.8) is 0 Å². The van der Waals surface area contributed by atoms with Gasteiger partial charge in [0.2, 0.25) is 0 Å². The van der Waals surface area contributed by atoms with Crippen LogP contribution in [0.25, 0.3) is 0 Å². The Labute approximate surface area is 124 Å². The third kappa shape index (κ3) is 6.40. The van der Waals surface area contributed by atoms with Crippen LogP contribution in [0.15, 0.2) is 24.3 Å². The molecule has 21 heavy (non-hydrogen) atoms. The van der Waals surface area contributed by atoms with Gasteiger partial charge in [-0.05, 0) is 45.4 Å². The molecule has 1 aromatic carbocycles. The molecule has 1 rings (SSSR count). The number of carbonyl (C=O) groups excluding carboxylic acids is 1. The smallest absolute Gasteiger partial charge is 0.338 e. The third-order valence-corrected chi connectivity index (χ3v) is 2.65. The summed E-state index contributed by atoms with van der Waals surface area (Å²) in [5.41, 5.74) is 0.832. The second-order valence-corrected chi connectivity index (χ2v) is 5.95. The lowest BCUT2D eigenvalue weighted by Gasteiger charge is -2.19. The van der Waals surface area contributed by atoms with Crippen LogP contribution >= 0.6 is 0 Å². The highest BCUT2D eigenvalue weighted by molar-refractivity contribution is 5.89. The molecule has 1 atom stereocenters. The largest absolute Gasteiger partial charge is 0.481 e. The van der Waals surface area contributed by atoms with E-state index in [1.807, 2.05) is 20.8 Å². The first-order valence-corrected chi connectivity index (χ1v) is 6.82. The van der Waals surface area contributed by atoms with Gasteiger partial charge in [-0.3, -0.25) is 4.79 Å². The number of esters is 1. The van der Waals surface area contributed by atoms with Gasteiger partial charge in [0.15, 0.2) is 0 Å². The predicted molar refractivity (Wildman–Crippen MR) is 78.1 cm³/mol. The Morgan fingerprint density at radius 2 is 1.76 bits per heavy atom. The maximum absolute atomic E-state index is 11.8. The first-order chi connectivity index (χ1) is 9.69. The molecule has 0 aliphatic rings. The topological polar surface area (TPSA) is 72.8 Å². The molecule has 0 bridgehead atoms. The lowest BCUT2D eigenvalue weighted by molar-refractivity contribution is -0.143. The molecule has 0 aromatic heterocycles. The molecule has 0 radical (unpaired) electrons. The summed E-state index contributed by atoms with van der Waals surface area (Å²) >= 11 is 0. The van der Waals surface area contributed by atoms with Gasteiger partial charge in [-0.25, -0.2) is 4.79 Å². The first-order valence-electron chi connectivity index (χ1n) is 6.82. The number of aliphatic carboxylic acids is 1. The fourth-order valence-electron chi connectivity index (χ4n) is 1.50. The van der Waals surface area contributed by atoms with E-state index in [-0.39, 0.29) is 12.6 Å². The van der Waals surface area contributed by atoms with E-state index in [1.165, 1.54) is 0 Å². The van der Waals surface area contributed by atoms with Gasteiger partial charge in [0.25, 0.3) is 0 Å². The lowest BCUT2D eigenvalue weighted by Crippen LogP contribution is -2.23. The second kappa shape index (κ2) is 7.22. The molecule has 1 aromatic rings. The van der Waals surface area contributed by atoms with Gasteiger partial charge < -0.3 is 14.6 Å². The van der Waals surface area contributed by atoms with Gasteiger partial charge >= 0.3 is 11.9 Å². The minimum atomic E-state index is -0.879. The highest BCUT2D eigenvalue weighted by Gasteiger charge is 2.17. The van der Waals surface area contributed by atoms with Gasteiger partial charge in [-0.2, -0.15) is 0 Å². The van der Waals surface area contributed by atoms with Crippen molar-refractivity contribution >= 4 is 11.9 Å². The minimum Gasteiger partial charge on any atom is -0.481 e. The number of ether oxygens (including phenoxy) is 2. The van der Waals surface area contributed by atoms with E-state index in [2.05, 4.69) is 0 Å². The number of carbonyl (C=O) groups is 2. The quantitative estimate of drug-likeness (QED) is 0.817. The molecule has 1 N–H and O–H groups in total. The number of benzene rings is 1. The Kier molecular flexibility index (Phi) is 5.90. The highest BCUT2D eigenvalue weighted by Crippen LogP contribution is 2.13. The Morgan fingerprint density at radius 1 is 1.19 bits per heavy atom. The summed E-state index contributed by atoms with van der Waals surface area (Å²) < 4.78 is 10.6. The maximum Gasteiger partial charge on any atom is 0.338 e. The van der Waals surface area contributed by atoms with Crippen molar-refractivity contribution in [1.82, 2.24) is 0 Å². The monoisotopic (exact) mass is 294 g/mol. The van der Waals surface area contributed by atoms with Crippen molar-refractivity contribution in [2.75, 3.05) is 6.61 Å². The number of carboxylic acid groups (broad SMARTS) is 1. The molecule has 116 valence electrons. The Balaban J connectivity index is 2.51. The number of hydrogen-bond donors (Lipinski definition) is 1. The van der Waals surface area contributed by atoms with Gasteiger partial charge in [0, 0.05) is 0 Å². The molecule has 0 unspecified atom stereocenters. The summed E-state index contributed by atoms with van der Waals surface area (Å²) in [5.74, 6) is -1.78. The van der Waals surface area contributed by atoms with E-state index in [9.17, 15) is 9.59 Å². The average molecular weight is 294 g/mol. The molecule has 0 saturated carbocycles. The molecule has 5 nitrogen and oxygen atoms in total. The van der Waals surface area contributed by atoms with Gasteiger partial charge in [-0.1, -0.05) is 12.1 Å². The SMILES string of the molecule is C[C@@H](COCc1ccc(C(=O)OC(C)(C)C)cc1)C(=O)O. The Hall–Kier alpha value is -1.88. The highest BCUT2D eigenvalue weighted by atomic mass is 16.6. The summed E-state index contributed by atoms with van der Waals surface area (Å²) in [6, 6.07) is 6.89. The van der Waals surface area contributed by atoms with E-state index < -0.39 is 17.5 Å². The lowest BCUT2D eigenvalue weighted by atomic mass is 10.1. The summed E-state index contributed by atoms with van der Waals surface area (Å²) in [5, 5.41) is 8.74. The van der Waals surface area contributed by atoms with E-state index >= 15 is 0 Å². The molecule has 0 spiro atoms. The van der Waals surface area contributed by atoms with E-state index in [4.69, 9.17) is 14.6 Å². The standard InChI is InChI=1S/C16H22O5/c1-11(14(17)18)9-20-10-12-5-7-13(8-6-12)15(19)21-16(2,3)4/h5-8,11H,9-10H2,1-4H3,(H,17,18)/t11-/m0/s1. The van der Waals surface area contributed by atoms with Crippen molar-refractivity contribution < 1.29 is 24.2 Å². The first kappa shape index (κ1) is 17.2. The van der Waals surface area contributed by atoms with Crippen molar-refractivity contribution in [3.8, 4) is 0 Å². The van der Waals surface area contributed by atoms with Crippen LogP contribution in [0.5, 0.6) is 0 Å². The molecule has 0 heterocycles. The number of carboxylic acids is 1. The maximum atomic E-state index is 11.8. The van der Waals surface area contributed by atoms with Crippen LogP contribution in [0.2, 0.25) is 0 Å². The second-order valence-electron chi connectivity index (χ2n) is 5.95. The van der Waals surface area contributed by atoms with Crippen LogP contribution in [0.4, 0.5) is 0 Å². The van der Waals surface area contributed by atoms with Crippen LogP contribution < -0.4 is 0 Å². The summed E-state index contributed by atoms with van der Waals surface area (Å²) in [4.78, 5) is 22.5. The molecular formula is C16H22O5. The average Bonchev–Trinajstić information content (AvgIpc) is 2.37. The van der Waals surface area contributed by atoms with E-state index in [1.54, 1.807) is 31.2 Å². The van der Waals surface area contributed by atoms with Gasteiger partial charge in [0.1, 0.15) is 5.60 Å². The van der Waals surface area contributed by atoms with Crippen LogP contribution in [0, 0.1) is 5.92 Å². The zero-order chi connectivity index (χ0) is 16.0. The van der Waals surface area contributed by atoms with Crippen molar-refractivity contribution in [1.29, 1.82) is 0 Å². The fourth-order valence-corrected chi connectivity index (χ4v) is 1.50. The van der Waals surface area contributed by atoms with Crippen LogP contribution in [0.3, 0.4) is 0 Å². The van der Waals surface area contributed by atoms with Crippen LogP contribution in [-0.2, 0) is 20.9 Å². The Morgan fingerprint density at radius 3 is 2.24 bits per heavy atom. The number of rotatable bonds is 6. The summed E-state index contributed by atoms with van der Waals surface area (Å²) in [6.07, 6.45) is 0. The molecular weight excluding hydrogens is 272 g/mol. The summed E-state index contributed by atoms with van der Waals surface area (Å²) in [7, 11) is 0. The molecule has 0 saturated heterocycles. The molecule has 0 aliphatic heterocycles. The predicted octanol–water partition coefficient (Wildman–Crippen LogP) is 2.88. The normalized spacial score (nSPS) is 12.8. The molecule has 0 fully saturated rings. The zero-order valence-electron chi connectivity index (χ0n) is 12.9. The zero-order valence-corrected chi connectivity index (χ0v) is 12.9. The van der Waals surface area contributed by atoms with Crippen LogP contribution in [-0.4, -0.2) is 29.3 Å². The van der Waals surface area contributed by atoms with E-state index in [0.29, 0.717) is 12.2 Å². The van der Waals surface area contributed by atoms with Crippen LogP contribution in [0.1, 0.15) is 43.6 Å². The summed E-state index contributed by atoms with van der Waals surface area (Å²) in [6.45, 7) is 7.51. The van der Waals surface area contributed by atoms with Crippen molar-refractivity contribution in [3.05, 3.63) is 35.4 Å². The van der Waals surface area contributed by atoms with Gasteiger partial charge in [-0.15, -0.1) is 0 Å². The minimum absolute atomic E-state index is 0.156. The van der Waals surface area contributed by atoms with Gasteiger partial charge in [0.05, 0.1) is 24.7 Å².